The first-order chi connectivity index (χ1) is 6.94. The fourth-order valence-corrected chi connectivity index (χ4v) is 2.25. The molecule has 0 aromatic heterocycles. The number of hydrogen-bond donors (Lipinski definition) is 0. The molecule has 2 rings (SSSR count). The average Bonchev–Trinajstić information content (AvgIpc) is 2.38. The van der Waals surface area contributed by atoms with Gasteiger partial charge in [-0.3, -0.25) is 4.90 Å². The van der Waals surface area contributed by atoms with Gasteiger partial charge < -0.3 is 4.74 Å². The molecule has 1 unspecified atom stereocenters. The van der Waals surface area contributed by atoms with Crippen LogP contribution in [0.3, 0.4) is 0 Å². The van der Waals surface area contributed by atoms with Crippen molar-refractivity contribution in [1.29, 1.82) is 0 Å². The summed E-state index contributed by atoms with van der Waals surface area (Å²) in [6.07, 6.45) is 0. The number of rotatable bonds is 1. The third-order valence-corrected chi connectivity index (χ3v) is 3.32. The van der Waals surface area contributed by atoms with Crippen molar-refractivity contribution in [1.82, 2.24) is 4.90 Å². The molecule has 0 N–H and O–H groups in total. The van der Waals surface area contributed by atoms with Crippen LogP contribution < -0.4 is 0 Å². The molecule has 1 aliphatic rings. The van der Waals surface area contributed by atoms with Crippen molar-refractivity contribution >= 4 is 0 Å². The van der Waals surface area contributed by atoms with E-state index in [1.807, 2.05) is 6.07 Å². The Labute approximate surface area is 91.9 Å². The van der Waals surface area contributed by atoms with Crippen LogP contribution in [0.15, 0.2) is 30.3 Å². The normalized spacial score (nSPS) is 30.7. The van der Waals surface area contributed by atoms with Crippen molar-refractivity contribution in [3.8, 4) is 0 Å². The Kier molecular flexibility index (Phi) is 2.36. The van der Waals surface area contributed by atoms with Gasteiger partial charge >= 0.3 is 0 Å². The van der Waals surface area contributed by atoms with E-state index >= 15 is 0 Å². The topological polar surface area (TPSA) is 12.5 Å². The van der Waals surface area contributed by atoms with E-state index in [9.17, 15) is 0 Å². The Balaban J connectivity index is 2.31. The van der Waals surface area contributed by atoms with Crippen LogP contribution in [0.5, 0.6) is 0 Å². The number of hydrogen-bond acceptors (Lipinski definition) is 2. The molecule has 1 aliphatic heterocycles. The van der Waals surface area contributed by atoms with Crippen molar-refractivity contribution in [2.24, 2.45) is 0 Å². The highest BCUT2D eigenvalue weighted by molar-refractivity contribution is 5.23. The van der Waals surface area contributed by atoms with Crippen LogP contribution in [0.2, 0.25) is 0 Å². The molecule has 1 aromatic rings. The van der Waals surface area contributed by atoms with Crippen LogP contribution >= 0.6 is 0 Å². The minimum Gasteiger partial charge on any atom is -0.349 e. The standard InChI is InChI=1S/C13H19NO/c1-12(2)14(4)10-13(3,15-12)11-8-6-5-7-9-11/h5-9H,10H2,1-4H3. The van der Waals surface area contributed by atoms with Gasteiger partial charge in [-0.1, -0.05) is 30.3 Å². The lowest BCUT2D eigenvalue weighted by molar-refractivity contribution is -0.109. The molecule has 0 spiro atoms. The number of ether oxygens (including phenoxy) is 1. The molecule has 0 bridgehead atoms. The van der Waals surface area contributed by atoms with E-state index in [0.717, 1.165) is 6.54 Å². The summed E-state index contributed by atoms with van der Waals surface area (Å²) in [5, 5.41) is 0. The summed E-state index contributed by atoms with van der Waals surface area (Å²) in [4.78, 5) is 2.25. The summed E-state index contributed by atoms with van der Waals surface area (Å²) in [5.74, 6) is 0. The van der Waals surface area contributed by atoms with Gasteiger partial charge in [0.25, 0.3) is 0 Å². The predicted octanol–water partition coefficient (Wildman–Crippen LogP) is 2.60. The van der Waals surface area contributed by atoms with Crippen LogP contribution in [0, 0.1) is 0 Å². The van der Waals surface area contributed by atoms with Gasteiger partial charge in [-0.2, -0.15) is 0 Å². The van der Waals surface area contributed by atoms with Crippen LogP contribution in [0.1, 0.15) is 26.3 Å². The molecule has 15 heavy (non-hydrogen) atoms. The summed E-state index contributed by atoms with van der Waals surface area (Å²) in [7, 11) is 2.11. The van der Waals surface area contributed by atoms with Gasteiger partial charge in [0.2, 0.25) is 0 Å². The molecule has 0 radical (unpaired) electrons. The molecule has 1 fully saturated rings. The summed E-state index contributed by atoms with van der Waals surface area (Å²) < 4.78 is 6.16. The Morgan fingerprint density at radius 1 is 1.13 bits per heavy atom. The Bertz CT molecular complexity index is 347. The molecular weight excluding hydrogens is 186 g/mol. The van der Waals surface area contributed by atoms with Crippen LogP contribution in [-0.4, -0.2) is 24.2 Å². The first kappa shape index (κ1) is 10.7. The predicted molar refractivity (Wildman–Crippen MR) is 61.6 cm³/mol. The molecule has 1 atom stereocenters. The quantitative estimate of drug-likeness (QED) is 0.698. The van der Waals surface area contributed by atoms with Gasteiger partial charge in [-0.05, 0) is 33.4 Å². The van der Waals surface area contributed by atoms with Crippen molar-refractivity contribution in [2.75, 3.05) is 13.6 Å². The van der Waals surface area contributed by atoms with E-state index in [-0.39, 0.29) is 11.3 Å². The van der Waals surface area contributed by atoms with Crippen molar-refractivity contribution in [3.63, 3.8) is 0 Å². The van der Waals surface area contributed by atoms with Crippen molar-refractivity contribution < 1.29 is 4.74 Å². The third-order valence-electron chi connectivity index (χ3n) is 3.32. The fourth-order valence-electron chi connectivity index (χ4n) is 2.25. The van der Waals surface area contributed by atoms with E-state index in [1.54, 1.807) is 0 Å². The Morgan fingerprint density at radius 3 is 2.20 bits per heavy atom. The molecule has 0 aliphatic carbocycles. The van der Waals surface area contributed by atoms with Gasteiger partial charge in [0, 0.05) is 6.54 Å². The van der Waals surface area contributed by atoms with Gasteiger partial charge in [0.05, 0.1) is 0 Å². The van der Waals surface area contributed by atoms with Crippen molar-refractivity contribution in [3.05, 3.63) is 35.9 Å². The third kappa shape index (κ3) is 1.80. The van der Waals surface area contributed by atoms with Gasteiger partial charge in [-0.25, -0.2) is 0 Å². The Morgan fingerprint density at radius 2 is 1.73 bits per heavy atom. The average molecular weight is 205 g/mol. The highest BCUT2D eigenvalue weighted by Crippen LogP contribution is 2.39. The molecule has 2 heteroatoms. The molecular formula is C13H19NO. The van der Waals surface area contributed by atoms with E-state index < -0.39 is 0 Å². The highest BCUT2D eigenvalue weighted by Gasteiger charge is 2.45. The molecule has 82 valence electrons. The maximum absolute atomic E-state index is 6.16. The largest absolute Gasteiger partial charge is 0.349 e. The maximum Gasteiger partial charge on any atom is 0.117 e. The molecule has 0 amide bonds. The number of likely N-dealkylation sites (N-methyl/N-ethyl adjacent to an activating group) is 1. The van der Waals surface area contributed by atoms with E-state index in [4.69, 9.17) is 4.74 Å². The minimum atomic E-state index is -0.181. The second-order valence-electron chi connectivity index (χ2n) is 5.00. The molecule has 1 heterocycles. The zero-order valence-corrected chi connectivity index (χ0v) is 9.95. The summed E-state index contributed by atoms with van der Waals surface area (Å²) >= 11 is 0. The lowest BCUT2D eigenvalue weighted by Gasteiger charge is -2.28. The second kappa shape index (κ2) is 3.32. The smallest absolute Gasteiger partial charge is 0.117 e. The lowest BCUT2D eigenvalue weighted by atomic mass is 9.96. The fraction of sp³-hybridized carbons (Fsp3) is 0.538. The highest BCUT2D eigenvalue weighted by atomic mass is 16.6. The van der Waals surface area contributed by atoms with Crippen LogP contribution in [0.4, 0.5) is 0 Å². The minimum absolute atomic E-state index is 0.176. The lowest BCUT2D eigenvalue weighted by Crippen LogP contribution is -2.35. The van der Waals surface area contributed by atoms with E-state index in [1.165, 1.54) is 5.56 Å². The number of nitrogens with zero attached hydrogens (tertiary/aromatic N) is 1. The van der Waals surface area contributed by atoms with Gasteiger partial charge in [-0.15, -0.1) is 0 Å². The zero-order chi connectivity index (χ0) is 11.1. The maximum atomic E-state index is 6.16. The van der Waals surface area contributed by atoms with Crippen molar-refractivity contribution in [2.45, 2.75) is 32.1 Å². The second-order valence-corrected chi connectivity index (χ2v) is 5.00. The molecule has 2 nitrogen and oxygen atoms in total. The van der Waals surface area contributed by atoms with Gasteiger partial charge in [0.15, 0.2) is 0 Å². The molecule has 0 saturated carbocycles. The van der Waals surface area contributed by atoms with Crippen LogP contribution in [-0.2, 0) is 10.3 Å². The SMILES string of the molecule is CN1CC(C)(c2ccccc2)OC1(C)C. The Hall–Kier alpha value is -0.860. The van der Waals surface area contributed by atoms with E-state index in [2.05, 4.69) is 57.0 Å². The first-order valence-corrected chi connectivity index (χ1v) is 5.41. The summed E-state index contributed by atoms with van der Waals surface area (Å²) in [6.45, 7) is 7.32. The zero-order valence-electron chi connectivity index (χ0n) is 9.95. The van der Waals surface area contributed by atoms with Gasteiger partial charge in [0.1, 0.15) is 11.3 Å². The van der Waals surface area contributed by atoms with Crippen LogP contribution in [0.25, 0.3) is 0 Å². The summed E-state index contributed by atoms with van der Waals surface area (Å²) in [6, 6.07) is 10.4. The summed E-state index contributed by atoms with van der Waals surface area (Å²) in [5.41, 5.74) is 0.895. The van der Waals surface area contributed by atoms with E-state index in [0.29, 0.717) is 0 Å². The molecule has 1 saturated heterocycles. The monoisotopic (exact) mass is 205 g/mol. The molecule has 1 aromatic carbocycles. The first-order valence-electron chi connectivity index (χ1n) is 5.41. The number of benzene rings is 1.